The molecule has 4 aromatic rings. The van der Waals surface area contributed by atoms with E-state index in [4.69, 9.17) is 28.7 Å². The van der Waals surface area contributed by atoms with Crippen molar-refractivity contribution in [3.8, 4) is 28.9 Å². The number of benzene rings is 3. The van der Waals surface area contributed by atoms with Crippen molar-refractivity contribution in [3.63, 3.8) is 0 Å². The molecule has 0 spiro atoms. The van der Waals surface area contributed by atoms with Gasteiger partial charge in [-0.3, -0.25) is 4.79 Å². The van der Waals surface area contributed by atoms with Gasteiger partial charge in [-0.25, -0.2) is 4.98 Å². The summed E-state index contributed by atoms with van der Waals surface area (Å²) >= 11 is 0. The number of aromatic nitrogens is 1. The van der Waals surface area contributed by atoms with Gasteiger partial charge >= 0.3 is 6.61 Å². The first kappa shape index (κ1) is 35.2. The molecule has 8 nitrogen and oxygen atoms in total. The minimum absolute atomic E-state index is 0.0127. The maximum absolute atomic E-state index is 13.4. The highest BCUT2D eigenvalue weighted by molar-refractivity contribution is 5.83. The molecular formula is C39H42F2N2O6. The van der Waals surface area contributed by atoms with Crippen molar-refractivity contribution in [2.45, 2.75) is 64.8 Å². The van der Waals surface area contributed by atoms with Crippen LogP contribution in [0.4, 0.5) is 8.78 Å². The molecule has 1 aromatic heterocycles. The molecule has 1 atom stereocenters. The average Bonchev–Trinajstić information content (AvgIpc) is 3.44. The lowest BCUT2D eigenvalue weighted by Gasteiger charge is -2.25. The van der Waals surface area contributed by atoms with Gasteiger partial charge in [0.1, 0.15) is 23.9 Å². The highest BCUT2D eigenvalue weighted by Gasteiger charge is 2.31. The summed E-state index contributed by atoms with van der Waals surface area (Å²) in [7, 11) is 4.75. The Labute approximate surface area is 286 Å². The van der Waals surface area contributed by atoms with Crippen molar-refractivity contribution < 1.29 is 37.3 Å². The van der Waals surface area contributed by atoms with Crippen LogP contribution < -0.4 is 23.7 Å². The van der Waals surface area contributed by atoms with Crippen LogP contribution in [0.3, 0.4) is 0 Å². The standard InChI is InChI=1S/C39H42F2N2O6/c1-39(2,3)28-12-9-26(10-13-28)32(21-29-14-20-36(44)43(29)23-27-11-17-31(46-5)22-35(27)47-6)33-18-19-34(49-38(40)41)37(42-33)48-24-25-7-15-30(45-4)16-8-25/h7-13,15-19,21-22,29,38H,14,20,23-24H2,1-6H3/b32-21+/t29-/m1/s1. The molecule has 1 aliphatic rings. The van der Waals surface area contributed by atoms with E-state index in [-0.39, 0.29) is 35.6 Å². The Balaban J connectivity index is 1.55. The lowest BCUT2D eigenvalue weighted by atomic mass is 9.86. The second-order valence-corrected chi connectivity index (χ2v) is 12.7. The van der Waals surface area contributed by atoms with E-state index < -0.39 is 6.61 Å². The molecule has 49 heavy (non-hydrogen) atoms. The molecule has 0 unspecified atom stereocenters. The van der Waals surface area contributed by atoms with Gasteiger partial charge in [-0.15, -0.1) is 0 Å². The summed E-state index contributed by atoms with van der Waals surface area (Å²) in [5.74, 6) is 1.71. The summed E-state index contributed by atoms with van der Waals surface area (Å²) in [6, 6.07) is 23.7. The minimum atomic E-state index is -3.07. The monoisotopic (exact) mass is 672 g/mol. The zero-order valence-electron chi connectivity index (χ0n) is 28.7. The van der Waals surface area contributed by atoms with Crippen LogP contribution >= 0.6 is 0 Å². The van der Waals surface area contributed by atoms with Crippen molar-refractivity contribution in [2.75, 3.05) is 21.3 Å². The molecule has 0 N–H and O–H groups in total. The van der Waals surface area contributed by atoms with Crippen molar-refractivity contribution in [2.24, 2.45) is 0 Å². The van der Waals surface area contributed by atoms with Crippen LogP contribution in [0, 0.1) is 0 Å². The molecule has 5 rings (SSSR count). The molecular weight excluding hydrogens is 630 g/mol. The smallest absolute Gasteiger partial charge is 0.387 e. The molecule has 0 aliphatic carbocycles. The van der Waals surface area contributed by atoms with Gasteiger partial charge in [0.25, 0.3) is 5.88 Å². The number of methoxy groups -OCH3 is 3. The van der Waals surface area contributed by atoms with Gasteiger partial charge in [0, 0.05) is 30.2 Å². The quantitative estimate of drug-likeness (QED) is 0.142. The number of amides is 1. The number of hydrogen-bond donors (Lipinski definition) is 0. The molecule has 10 heteroatoms. The Morgan fingerprint density at radius 3 is 2.22 bits per heavy atom. The second-order valence-electron chi connectivity index (χ2n) is 12.7. The average molecular weight is 673 g/mol. The van der Waals surface area contributed by atoms with Gasteiger partial charge in [-0.2, -0.15) is 8.78 Å². The van der Waals surface area contributed by atoms with E-state index in [2.05, 4.69) is 32.9 Å². The SMILES string of the molecule is COc1ccc(COc2nc(/C(=C/[C@H]3CCC(=O)N3Cc3ccc(OC)cc3OC)c3ccc(C(C)(C)C)cc3)ccc2OC(F)F)cc1. The van der Waals surface area contributed by atoms with E-state index in [1.54, 1.807) is 45.6 Å². The summed E-state index contributed by atoms with van der Waals surface area (Å²) in [6.45, 7) is 3.75. The minimum Gasteiger partial charge on any atom is -0.497 e. The molecule has 3 aromatic carbocycles. The summed E-state index contributed by atoms with van der Waals surface area (Å²) in [4.78, 5) is 19.8. The second kappa shape index (κ2) is 15.4. The molecule has 1 amide bonds. The summed E-state index contributed by atoms with van der Waals surface area (Å²) in [5.41, 5.74) is 4.78. The van der Waals surface area contributed by atoms with Crippen LogP contribution in [0.2, 0.25) is 0 Å². The van der Waals surface area contributed by atoms with E-state index in [0.717, 1.165) is 27.8 Å². The Kier molecular flexibility index (Phi) is 11.1. The first-order chi connectivity index (χ1) is 23.5. The number of likely N-dealkylation sites (tertiary alicyclic amines) is 1. The van der Waals surface area contributed by atoms with Crippen molar-refractivity contribution >= 4 is 11.5 Å². The van der Waals surface area contributed by atoms with E-state index >= 15 is 0 Å². The van der Waals surface area contributed by atoms with Gasteiger partial charge in [0.05, 0.1) is 33.1 Å². The van der Waals surface area contributed by atoms with Crippen LogP contribution in [0.5, 0.6) is 28.9 Å². The fraction of sp³-hybridized carbons (Fsp3) is 0.333. The van der Waals surface area contributed by atoms with Gasteiger partial charge in [-0.05, 0) is 64.9 Å². The number of nitrogens with zero attached hydrogens (tertiary/aromatic N) is 2. The lowest BCUT2D eigenvalue weighted by molar-refractivity contribution is -0.129. The number of rotatable bonds is 13. The predicted octanol–water partition coefficient (Wildman–Crippen LogP) is 8.21. The molecule has 0 bridgehead atoms. The first-order valence-electron chi connectivity index (χ1n) is 16.0. The highest BCUT2D eigenvalue weighted by Crippen LogP contribution is 2.36. The number of carbonyl (C=O) groups is 1. The third kappa shape index (κ3) is 8.68. The number of carbonyl (C=O) groups excluding carboxylic acids is 1. The van der Waals surface area contributed by atoms with Crippen LogP contribution in [0.25, 0.3) is 5.57 Å². The Hall–Kier alpha value is -5.12. The Bertz CT molecular complexity index is 1770. The van der Waals surface area contributed by atoms with Crippen LogP contribution in [-0.2, 0) is 23.4 Å². The van der Waals surface area contributed by atoms with Crippen LogP contribution in [0.15, 0.2) is 84.9 Å². The predicted molar refractivity (Wildman–Crippen MR) is 184 cm³/mol. The third-order valence-electron chi connectivity index (χ3n) is 8.48. The van der Waals surface area contributed by atoms with E-state index in [1.165, 1.54) is 6.07 Å². The fourth-order valence-electron chi connectivity index (χ4n) is 5.71. The first-order valence-corrected chi connectivity index (χ1v) is 16.0. The molecule has 0 radical (unpaired) electrons. The van der Waals surface area contributed by atoms with Crippen molar-refractivity contribution in [1.82, 2.24) is 9.88 Å². The number of hydrogen-bond acceptors (Lipinski definition) is 7. The molecule has 2 heterocycles. The zero-order chi connectivity index (χ0) is 35.1. The Morgan fingerprint density at radius 2 is 1.59 bits per heavy atom. The largest absolute Gasteiger partial charge is 0.497 e. The maximum atomic E-state index is 13.4. The fourth-order valence-corrected chi connectivity index (χ4v) is 5.71. The van der Waals surface area contributed by atoms with E-state index in [1.807, 2.05) is 47.4 Å². The lowest BCUT2D eigenvalue weighted by Crippen LogP contribution is -2.31. The summed E-state index contributed by atoms with van der Waals surface area (Å²) in [5, 5.41) is 0. The highest BCUT2D eigenvalue weighted by atomic mass is 19.3. The maximum Gasteiger partial charge on any atom is 0.387 e. The molecule has 1 fully saturated rings. The van der Waals surface area contributed by atoms with Crippen LogP contribution in [-0.4, -0.2) is 49.8 Å². The van der Waals surface area contributed by atoms with Crippen LogP contribution in [0.1, 0.15) is 61.6 Å². The normalized spacial score (nSPS) is 15.0. The number of pyridine rings is 1. The summed E-state index contributed by atoms with van der Waals surface area (Å²) in [6.07, 6.45) is 2.99. The van der Waals surface area contributed by atoms with Gasteiger partial charge < -0.3 is 28.6 Å². The number of alkyl halides is 2. The molecule has 258 valence electrons. The van der Waals surface area contributed by atoms with E-state index in [0.29, 0.717) is 42.3 Å². The van der Waals surface area contributed by atoms with Gasteiger partial charge in [0.15, 0.2) is 5.75 Å². The van der Waals surface area contributed by atoms with Crippen molar-refractivity contribution in [1.29, 1.82) is 0 Å². The summed E-state index contributed by atoms with van der Waals surface area (Å²) < 4.78 is 53.9. The Morgan fingerprint density at radius 1 is 0.898 bits per heavy atom. The van der Waals surface area contributed by atoms with Gasteiger partial charge in [0.2, 0.25) is 5.91 Å². The molecule has 1 saturated heterocycles. The molecule has 0 saturated carbocycles. The number of ether oxygens (including phenoxy) is 5. The molecule has 1 aliphatic heterocycles. The number of halogens is 2. The van der Waals surface area contributed by atoms with E-state index in [9.17, 15) is 13.6 Å². The topological polar surface area (TPSA) is 79.4 Å². The third-order valence-corrected chi connectivity index (χ3v) is 8.48. The zero-order valence-corrected chi connectivity index (χ0v) is 28.7. The van der Waals surface area contributed by atoms with Crippen molar-refractivity contribution in [3.05, 3.63) is 113 Å². The van der Waals surface area contributed by atoms with Gasteiger partial charge in [-0.1, -0.05) is 63.2 Å².